The van der Waals surface area contributed by atoms with Crippen molar-refractivity contribution in [2.24, 2.45) is 0 Å². The van der Waals surface area contributed by atoms with Gasteiger partial charge in [-0.15, -0.1) is 11.3 Å². The maximum atomic E-state index is 13.4. The van der Waals surface area contributed by atoms with Gasteiger partial charge in [-0.3, -0.25) is 24.4 Å². The summed E-state index contributed by atoms with van der Waals surface area (Å²) in [6.45, 7) is 2.68. The normalized spacial score (nSPS) is 12.7. The molecule has 0 fully saturated rings. The maximum Gasteiger partial charge on any atom is 0.268 e. The summed E-state index contributed by atoms with van der Waals surface area (Å²) in [4.78, 5) is 47.6. The van der Waals surface area contributed by atoms with Crippen LogP contribution in [0.1, 0.15) is 41.4 Å². The summed E-state index contributed by atoms with van der Waals surface area (Å²) < 4.78 is 27.9. The SMILES string of the molecule is CC(=O)Nc1ccc(C(=O)[C@H](Br)C(=O)N(O)C(CS(=O)(=O)Cc2ccc3sccc3c2)c2ccc(NC(C)=O)cc2)cc1. The van der Waals surface area contributed by atoms with Gasteiger partial charge in [0, 0.05) is 35.5 Å². The highest BCUT2D eigenvalue weighted by atomic mass is 79.9. The highest BCUT2D eigenvalue weighted by molar-refractivity contribution is 9.10. The smallest absolute Gasteiger partial charge is 0.268 e. The van der Waals surface area contributed by atoms with Gasteiger partial charge in [-0.2, -0.15) is 0 Å². The van der Waals surface area contributed by atoms with Crippen molar-refractivity contribution in [3.05, 3.63) is 94.9 Å². The summed E-state index contributed by atoms with van der Waals surface area (Å²) in [6, 6.07) is 17.7. The van der Waals surface area contributed by atoms with E-state index in [1.165, 1.54) is 73.7 Å². The molecule has 224 valence electrons. The lowest BCUT2D eigenvalue weighted by atomic mass is 10.0. The molecule has 0 spiro atoms. The number of carbonyl (C=O) groups excluding carboxylic acids is 4. The summed E-state index contributed by atoms with van der Waals surface area (Å²) in [7, 11) is -3.91. The second kappa shape index (κ2) is 13.6. The molecule has 10 nitrogen and oxygen atoms in total. The first-order valence-corrected chi connectivity index (χ1v) is 16.6. The third-order valence-electron chi connectivity index (χ3n) is 6.39. The van der Waals surface area contributed by atoms with Gasteiger partial charge in [0.15, 0.2) is 20.4 Å². The van der Waals surface area contributed by atoms with E-state index in [2.05, 4.69) is 26.6 Å². The molecule has 0 saturated heterocycles. The number of Topliss-reactive ketones (excluding diaryl/α,β-unsaturated/α-hetero) is 1. The third kappa shape index (κ3) is 8.35. The minimum atomic E-state index is -3.91. The van der Waals surface area contributed by atoms with Gasteiger partial charge in [0.25, 0.3) is 5.91 Å². The van der Waals surface area contributed by atoms with Crippen molar-refractivity contribution in [3.8, 4) is 0 Å². The van der Waals surface area contributed by atoms with Gasteiger partial charge < -0.3 is 10.6 Å². The van der Waals surface area contributed by atoms with E-state index in [1.54, 1.807) is 12.1 Å². The fourth-order valence-corrected chi connectivity index (χ4v) is 7.27. The Kier molecular flexibility index (Phi) is 10.1. The van der Waals surface area contributed by atoms with Crippen LogP contribution in [0, 0.1) is 0 Å². The van der Waals surface area contributed by atoms with Crippen molar-refractivity contribution >= 4 is 82.1 Å². The Bertz CT molecular complexity index is 1770. The molecule has 2 atom stereocenters. The molecular weight excluding hydrogens is 658 g/mol. The van der Waals surface area contributed by atoms with Gasteiger partial charge in [0.2, 0.25) is 11.8 Å². The zero-order valence-electron chi connectivity index (χ0n) is 23.1. The number of benzene rings is 3. The van der Waals surface area contributed by atoms with Gasteiger partial charge in [-0.1, -0.05) is 34.1 Å². The van der Waals surface area contributed by atoms with E-state index in [1.807, 2.05) is 17.5 Å². The lowest BCUT2D eigenvalue weighted by Crippen LogP contribution is -2.42. The number of amides is 3. The van der Waals surface area contributed by atoms with E-state index in [0.717, 1.165) is 10.1 Å². The molecular formula is C30H28BrN3O7S2. The van der Waals surface area contributed by atoms with Crippen LogP contribution in [0.4, 0.5) is 11.4 Å². The van der Waals surface area contributed by atoms with Crippen LogP contribution in [0.3, 0.4) is 0 Å². The van der Waals surface area contributed by atoms with E-state index < -0.39 is 38.1 Å². The zero-order valence-corrected chi connectivity index (χ0v) is 26.3. The summed E-state index contributed by atoms with van der Waals surface area (Å²) in [5.74, 6) is -3.32. The average Bonchev–Trinajstić information content (AvgIpc) is 3.42. The molecule has 1 unspecified atom stereocenters. The molecule has 3 amide bonds. The van der Waals surface area contributed by atoms with Gasteiger partial charge in [-0.05, 0) is 76.5 Å². The molecule has 43 heavy (non-hydrogen) atoms. The van der Waals surface area contributed by atoms with E-state index in [-0.39, 0.29) is 33.8 Å². The first kappa shape index (κ1) is 32.0. The highest BCUT2D eigenvalue weighted by Gasteiger charge is 2.35. The van der Waals surface area contributed by atoms with Crippen LogP contribution in [-0.4, -0.2) is 52.8 Å². The van der Waals surface area contributed by atoms with Crippen molar-refractivity contribution in [1.29, 1.82) is 0 Å². The Hall–Kier alpha value is -3.91. The minimum Gasteiger partial charge on any atom is -0.326 e. The molecule has 4 aromatic rings. The molecule has 1 aromatic heterocycles. The minimum absolute atomic E-state index is 0.130. The largest absolute Gasteiger partial charge is 0.326 e. The Morgan fingerprint density at radius 2 is 1.47 bits per heavy atom. The quantitative estimate of drug-likeness (QED) is 0.0634. The number of nitrogens with zero attached hydrogens (tertiary/aromatic N) is 1. The van der Waals surface area contributed by atoms with E-state index >= 15 is 0 Å². The lowest BCUT2D eigenvalue weighted by Gasteiger charge is -2.28. The second-order valence-electron chi connectivity index (χ2n) is 9.83. The summed E-state index contributed by atoms with van der Waals surface area (Å²) in [6.07, 6.45) is 0. The van der Waals surface area contributed by atoms with Crippen LogP contribution in [0.2, 0.25) is 0 Å². The van der Waals surface area contributed by atoms with Crippen molar-refractivity contribution in [2.75, 3.05) is 16.4 Å². The number of fused-ring (bicyclic) bond motifs is 1. The maximum absolute atomic E-state index is 13.4. The number of ketones is 1. The standard InChI is InChI=1S/C30H28BrN3O7S2/c1-18(35)32-24-8-4-21(5-9-24)26(17-43(40,41)16-20-3-12-27-23(15-20)13-14-42-27)34(39)30(38)28(31)29(37)22-6-10-25(11-7-22)33-19(2)36/h3-15,26,28,39H,16-17H2,1-2H3,(H,32,35)(H,33,36)/t26?,28-/m0/s1. The highest BCUT2D eigenvalue weighted by Crippen LogP contribution is 2.28. The second-order valence-corrected chi connectivity index (χ2v) is 13.8. The molecule has 0 bridgehead atoms. The van der Waals surface area contributed by atoms with E-state index in [9.17, 15) is 32.8 Å². The van der Waals surface area contributed by atoms with Gasteiger partial charge in [0.1, 0.15) is 0 Å². The Labute approximate surface area is 260 Å². The molecule has 0 radical (unpaired) electrons. The number of nitrogens with one attached hydrogen (secondary N) is 2. The van der Waals surface area contributed by atoms with E-state index in [0.29, 0.717) is 16.9 Å². The zero-order chi connectivity index (χ0) is 31.3. The number of anilines is 2. The average molecular weight is 687 g/mol. The molecule has 4 rings (SSSR count). The monoisotopic (exact) mass is 685 g/mol. The molecule has 0 aliphatic heterocycles. The topological polar surface area (TPSA) is 150 Å². The fraction of sp³-hybridized carbons (Fsp3) is 0.200. The Balaban J connectivity index is 1.59. The number of alkyl halides is 1. The summed E-state index contributed by atoms with van der Waals surface area (Å²) >= 11 is 4.61. The molecule has 13 heteroatoms. The molecule has 3 aromatic carbocycles. The van der Waals surface area contributed by atoms with Gasteiger partial charge in [-0.25, -0.2) is 13.5 Å². The number of rotatable bonds is 11. The third-order valence-corrected chi connectivity index (χ3v) is 9.69. The first-order valence-electron chi connectivity index (χ1n) is 12.9. The van der Waals surface area contributed by atoms with Gasteiger partial charge in [0.05, 0.1) is 17.5 Å². The van der Waals surface area contributed by atoms with Crippen molar-refractivity contribution in [3.63, 3.8) is 0 Å². The predicted octanol–water partition coefficient (Wildman–Crippen LogP) is 5.34. The van der Waals surface area contributed by atoms with Gasteiger partial charge >= 0.3 is 0 Å². The number of carbonyl (C=O) groups is 4. The lowest BCUT2D eigenvalue weighted by molar-refractivity contribution is -0.172. The Morgan fingerprint density at radius 3 is 2.05 bits per heavy atom. The number of halogens is 1. The van der Waals surface area contributed by atoms with Crippen LogP contribution in [0.15, 0.2) is 78.2 Å². The van der Waals surface area contributed by atoms with Crippen molar-refractivity contribution in [1.82, 2.24) is 5.06 Å². The number of sulfone groups is 1. The molecule has 3 N–H and O–H groups in total. The fourth-order valence-electron chi connectivity index (χ4n) is 4.41. The molecule has 0 aliphatic rings. The van der Waals surface area contributed by atoms with Crippen molar-refractivity contribution < 1.29 is 32.8 Å². The Morgan fingerprint density at radius 1 is 0.884 bits per heavy atom. The number of hydrogen-bond acceptors (Lipinski definition) is 8. The summed E-state index contributed by atoms with van der Waals surface area (Å²) in [5, 5.41) is 19.4. The molecule has 1 heterocycles. The van der Waals surface area contributed by atoms with E-state index in [4.69, 9.17) is 0 Å². The van der Waals surface area contributed by atoms with Crippen molar-refractivity contribution in [2.45, 2.75) is 30.5 Å². The number of thiophene rings is 1. The summed E-state index contributed by atoms with van der Waals surface area (Å²) in [5.41, 5.74) is 1.85. The van der Waals surface area contributed by atoms with Crippen LogP contribution in [-0.2, 0) is 30.0 Å². The number of hydrogen-bond donors (Lipinski definition) is 3. The first-order chi connectivity index (χ1) is 20.3. The van der Waals surface area contributed by atoms with Crippen LogP contribution in [0.5, 0.6) is 0 Å². The molecule has 0 aliphatic carbocycles. The molecule has 0 saturated carbocycles. The number of hydroxylamine groups is 2. The van der Waals surface area contributed by atoms with Crippen LogP contribution in [0.25, 0.3) is 10.1 Å². The van der Waals surface area contributed by atoms with Crippen LogP contribution >= 0.6 is 27.3 Å². The predicted molar refractivity (Wildman–Crippen MR) is 169 cm³/mol. The van der Waals surface area contributed by atoms with Crippen LogP contribution < -0.4 is 10.6 Å².